The lowest BCUT2D eigenvalue weighted by molar-refractivity contribution is -0.132. The molecule has 4 heteroatoms. The van der Waals surface area contributed by atoms with Crippen LogP contribution >= 0.6 is 11.6 Å². The van der Waals surface area contributed by atoms with Crippen molar-refractivity contribution in [2.24, 2.45) is 5.92 Å². The molecule has 1 amide bonds. The predicted molar refractivity (Wildman–Crippen MR) is 68.2 cm³/mol. The average Bonchev–Trinajstić information content (AvgIpc) is 2.94. The van der Waals surface area contributed by atoms with Crippen molar-refractivity contribution in [2.75, 3.05) is 19.0 Å². The zero-order chi connectivity index (χ0) is 12.3. The third kappa shape index (κ3) is 3.14. The molecular formula is C13H22ClNO2. The van der Waals surface area contributed by atoms with Crippen molar-refractivity contribution in [3.05, 3.63) is 0 Å². The van der Waals surface area contributed by atoms with Crippen LogP contribution < -0.4 is 0 Å². The van der Waals surface area contributed by atoms with Crippen molar-refractivity contribution in [1.29, 1.82) is 0 Å². The largest absolute Gasteiger partial charge is 0.378 e. The van der Waals surface area contributed by atoms with Crippen LogP contribution in [0.3, 0.4) is 0 Å². The second kappa shape index (κ2) is 6.05. The van der Waals surface area contributed by atoms with Crippen LogP contribution in [0.1, 0.15) is 39.0 Å². The van der Waals surface area contributed by atoms with E-state index in [0.29, 0.717) is 24.3 Å². The van der Waals surface area contributed by atoms with Gasteiger partial charge in [0.1, 0.15) is 0 Å². The molecule has 2 saturated heterocycles. The van der Waals surface area contributed by atoms with Gasteiger partial charge >= 0.3 is 0 Å². The minimum absolute atomic E-state index is 0.244. The van der Waals surface area contributed by atoms with Gasteiger partial charge in [0.2, 0.25) is 5.91 Å². The predicted octanol–water partition coefficient (Wildman–Crippen LogP) is 2.42. The highest BCUT2D eigenvalue weighted by molar-refractivity contribution is 6.18. The van der Waals surface area contributed by atoms with E-state index in [2.05, 4.69) is 6.92 Å². The molecule has 3 atom stereocenters. The van der Waals surface area contributed by atoms with Crippen LogP contribution in [0.2, 0.25) is 0 Å². The Labute approximate surface area is 108 Å². The summed E-state index contributed by atoms with van der Waals surface area (Å²) in [7, 11) is 0. The summed E-state index contributed by atoms with van der Waals surface area (Å²) in [6.45, 7) is 3.92. The first kappa shape index (κ1) is 13.2. The molecule has 0 radical (unpaired) electrons. The van der Waals surface area contributed by atoms with Crippen molar-refractivity contribution < 1.29 is 9.53 Å². The molecule has 2 heterocycles. The first-order chi connectivity index (χ1) is 8.22. The number of hydrogen-bond donors (Lipinski definition) is 0. The Kier molecular flexibility index (Phi) is 4.69. The molecule has 17 heavy (non-hydrogen) atoms. The summed E-state index contributed by atoms with van der Waals surface area (Å²) in [5, 5.41) is 0. The van der Waals surface area contributed by atoms with E-state index >= 15 is 0 Å². The molecule has 3 nitrogen and oxygen atoms in total. The monoisotopic (exact) mass is 259 g/mol. The van der Waals surface area contributed by atoms with Gasteiger partial charge < -0.3 is 9.64 Å². The van der Waals surface area contributed by atoms with Crippen LogP contribution in [0.15, 0.2) is 0 Å². The number of alkyl halides is 1. The number of ether oxygens (including phenoxy) is 1. The van der Waals surface area contributed by atoms with Crippen LogP contribution in [-0.2, 0) is 9.53 Å². The topological polar surface area (TPSA) is 29.5 Å². The summed E-state index contributed by atoms with van der Waals surface area (Å²) in [6.07, 6.45) is 5.15. The molecule has 0 aromatic heterocycles. The Morgan fingerprint density at radius 3 is 2.94 bits per heavy atom. The van der Waals surface area contributed by atoms with Gasteiger partial charge in [0.25, 0.3) is 0 Å². The number of likely N-dealkylation sites (tertiary alicyclic amines) is 1. The van der Waals surface area contributed by atoms with Gasteiger partial charge in [-0.15, -0.1) is 11.6 Å². The van der Waals surface area contributed by atoms with E-state index in [-0.39, 0.29) is 11.9 Å². The molecule has 98 valence electrons. The van der Waals surface area contributed by atoms with E-state index < -0.39 is 0 Å². The van der Waals surface area contributed by atoms with Crippen molar-refractivity contribution in [1.82, 2.24) is 4.90 Å². The van der Waals surface area contributed by atoms with E-state index in [1.807, 2.05) is 4.90 Å². The normalized spacial score (nSPS) is 33.3. The molecule has 2 aliphatic heterocycles. The second-order valence-corrected chi connectivity index (χ2v) is 5.56. The highest BCUT2D eigenvalue weighted by Crippen LogP contribution is 2.26. The maximum absolute atomic E-state index is 12.1. The standard InChI is InChI=1S/C13H22ClNO2/c1-10-6-7-15(12(10)9-14)13(16)5-4-11-3-2-8-17-11/h10-12H,2-9H2,1H3. The molecule has 0 aromatic carbocycles. The smallest absolute Gasteiger partial charge is 0.222 e. The van der Waals surface area contributed by atoms with E-state index in [9.17, 15) is 4.79 Å². The van der Waals surface area contributed by atoms with E-state index in [4.69, 9.17) is 16.3 Å². The van der Waals surface area contributed by atoms with Crippen molar-refractivity contribution >= 4 is 17.5 Å². The summed E-state index contributed by atoms with van der Waals surface area (Å²) in [5.74, 6) is 1.36. The minimum Gasteiger partial charge on any atom is -0.378 e. The molecule has 0 spiro atoms. The number of amides is 1. The highest BCUT2D eigenvalue weighted by Gasteiger charge is 2.33. The summed E-state index contributed by atoms with van der Waals surface area (Å²) in [5.41, 5.74) is 0. The molecule has 0 N–H and O–H groups in total. The van der Waals surface area contributed by atoms with Gasteiger partial charge in [-0.1, -0.05) is 6.92 Å². The van der Waals surface area contributed by atoms with Gasteiger partial charge in [0.15, 0.2) is 0 Å². The van der Waals surface area contributed by atoms with E-state index in [1.54, 1.807) is 0 Å². The number of halogens is 1. The van der Waals surface area contributed by atoms with E-state index in [0.717, 1.165) is 38.8 Å². The van der Waals surface area contributed by atoms with Crippen LogP contribution in [-0.4, -0.2) is 42.0 Å². The lowest BCUT2D eigenvalue weighted by Gasteiger charge is -2.25. The average molecular weight is 260 g/mol. The number of carbonyl (C=O) groups is 1. The van der Waals surface area contributed by atoms with Crippen LogP contribution in [0.25, 0.3) is 0 Å². The number of nitrogens with zero attached hydrogens (tertiary/aromatic N) is 1. The lowest BCUT2D eigenvalue weighted by atomic mass is 10.0. The van der Waals surface area contributed by atoms with Gasteiger partial charge in [-0.25, -0.2) is 0 Å². The van der Waals surface area contributed by atoms with Crippen LogP contribution in [0.5, 0.6) is 0 Å². The molecule has 0 saturated carbocycles. The second-order valence-electron chi connectivity index (χ2n) is 5.25. The molecular weight excluding hydrogens is 238 g/mol. The summed E-state index contributed by atoms with van der Waals surface area (Å²) < 4.78 is 5.54. The zero-order valence-corrected chi connectivity index (χ0v) is 11.3. The number of rotatable bonds is 4. The Balaban J connectivity index is 1.78. The van der Waals surface area contributed by atoms with Gasteiger partial charge in [0.05, 0.1) is 6.10 Å². The molecule has 3 unspecified atom stereocenters. The third-order valence-electron chi connectivity index (χ3n) is 4.07. The molecule has 0 aromatic rings. The molecule has 2 rings (SSSR count). The van der Waals surface area contributed by atoms with Crippen LogP contribution in [0.4, 0.5) is 0 Å². The molecule has 0 aliphatic carbocycles. The third-order valence-corrected chi connectivity index (χ3v) is 4.38. The fourth-order valence-electron chi connectivity index (χ4n) is 2.85. The summed E-state index contributed by atoms with van der Waals surface area (Å²) in [4.78, 5) is 14.1. The van der Waals surface area contributed by atoms with Crippen molar-refractivity contribution in [2.45, 2.75) is 51.2 Å². The Bertz CT molecular complexity index is 266. The summed E-state index contributed by atoms with van der Waals surface area (Å²) in [6, 6.07) is 0.244. The van der Waals surface area contributed by atoms with Crippen molar-refractivity contribution in [3.8, 4) is 0 Å². The quantitative estimate of drug-likeness (QED) is 0.726. The first-order valence-corrected chi connectivity index (χ1v) is 7.23. The van der Waals surface area contributed by atoms with Gasteiger partial charge in [-0.05, 0) is 31.6 Å². The van der Waals surface area contributed by atoms with E-state index in [1.165, 1.54) is 0 Å². The minimum atomic E-state index is 0.244. The Morgan fingerprint density at radius 1 is 1.47 bits per heavy atom. The summed E-state index contributed by atoms with van der Waals surface area (Å²) >= 11 is 5.95. The Morgan fingerprint density at radius 2 is 2.29 bits per heavy atom. The first-order valence-electron chi connectivity index (χ1n) is 6.69. The zero-order valence-electron chi connectivity index (χ0n) is 10.5. The fraction of sp³-hybridized carbons (Fsp3) is 0.923. The van der Waals surface area contributed by atoms with Gasteiger partial charge in [0, 0.05) is 31.5 Å². The fourth-order valence-corrected chi connectivity index (χ4v) is 3.32. The number of hydrogen-bond acceptors (Lipinski definition) is 2. The Hall–Kier alpha value is -0.280. The van der Waals surface area contributed by atoms with Gasteiger partial charge in [-0.3, -0.25) is 4.79 Å². The molecule has 0 bridgehead atoms. The lowest BCUT2D eigenvalue weighted by Crippen LogP contribution is -2.38. The molecule has 2 aliphatic rings. The number of carbonyl (C=O) groups excluding carboxylic acids is 1. The molecule has 2 fully saturated rings. The highest BCUT2D eigenvalue weighted by atomic mass is 35.5. The maximum atomic E-state index is 12.1. The van der Waals surface area contributed by atoms with Gasteiger partial charge in [-0.2, -0.15) is 0 Å². The SMILES string of the molecule is CC1CCN(C(=O)CCC2CCCO2)C1CCl. The maximum Gasteiger partial charge on any atom is 0.222 e. The van der Waals surface area contributed by atoms with Crippen LogP contribution in [0, 0.1) is 5.92 Å². The van der Waals surface area contributed by atoms with Crippen molar-refractivity contribution in [3.63, 3.8) is 0 Å².